The molecule has 6 nitrogen and oxygen atoms in total. The summed E-state index contributed by atoms with van der Waals surface area (Å²) in [6, 6.07) is 9.28. The zero-order valence-electron chi connectivity index (χ0n) is 18.2. The summed E-state index contributed by atoms with van der Waals surface area (Å²) in [5.74, 6) is -2.56. The molecule has 2 aliphatic heterocycles. The van der Waals surface area contributed by atoms with Crippen LogP contribution in [0.2, 0.25) is 0 Å². The predicted molar refractivity (Wildman–Crippen MR) is 106 cm³/mol. The Balaban J connectivity index is 1.75. The highest BCUT2D eigenvalue weighted by atomic mass is 19.4. The summed E-state index contributed by atoms with van der Waals surface area (Å²) >= 11 is 0. The standard InChI is InChI=1S/C23H19F6NO5/c1-20(33-13-14-10-16(22(24,25)26)12-17(11-14)23(27,28)29)8-5-9-30-21(20,15-6-3-2-4-7-15)34-18(31)19(32)35-30/h2-4,6-7,10-12H,5,8-9,13H2,1H3. The molecule has 2 heterocycles. The van der Waals surface area contributed by atoms with Gasteiger partial charge in [-0.1, -0.05) is 35.4 Å². The van der Waals surface area contributed by atoms with Crippen LogP contribution in [0.4, 0.5) is 26.3 Å². The third-order valence-corrected chi connectivity index (χ3v) is 6.05. The number of alkyl halides is 6. The van der Waals surface area contributed by atoms with Crippen molar-refractivity contribution in [3.05, 3.63) is 70.8 Å². The first-order chi connectivity index (χ1) is 16.3. The maximum Gasteiger partial charge on any atom is 0.436 e. The van der Waals surface area contributed by atoms with Crippen molar-refractivity contribution >= 4 is 11.9 Å². The number of rotatable bonds is 4. The molecule has 0 saturated carbocycles. The van der Waals surface area contributed by atoms with E-state index in [-0.39, 0.29) is 24.6 Å². The number of carbonyl (C=O) groups excluding carboxylic acids is 2. The maximum atomic E-state index is 13.3. The van der Waals surface area contributed by atoms with E-state index >= 15 is 0 Å². The second kappa shape index (κ2) is 8.52. The van der Waals surface area contributed by atoms with Gasteiger partial charge in [0.25, 0.3) is 5.72 Å². The fourth-order valence-corrected chi connectivity index (χ4v) is 4.42. The average molecular weight is 503 g/mol. The van der Waals surface area contributed by atoms with Crippen LogP contribution >= 0.6 is 0 Å². The van der Waals surface area contributed by atoms with Gasteiger partial charge in [0, 0.05) is 12.1 Å². The molecule has 0 radical (unpaired) electrons. The van der Waals surface area contributed by atoms with Gasteiger partial charge in [0.1, 0.15) is 5.60 Å². The largest absolute Gasteiger partial charge is 0.436 e. The van der Waals surface area contributed by atoms with Gasteiger partial charge >= 0.3 is 24.3 Å². The fourth-order valence-electron chi connectivity index (χ4n) is 4.42. The highest BCUT2D eigenvalue weighted by Gasteiger charge is 2.64. The number of nitrogens with zero attached hydrogens (tertiary/aromatic N) is 1. The van der Waals surface area contributed by atoms with Gasteiger partial charge in [0.2, 0.25) is 0 Å². The topological polar surface area (TPSA) is 65.1 Å². The van der Waals surface area contributed by atoms with Crippen LogP contribution in [0, 0.1) is 0 Å². The SMILES string of the molecule is CC1(OCc2cc(C(F)(F)F)cc(C(F)(F)F)c2)CCCN2OC(=O)C(=O)OC21c1ccccc1. The number of fused-ring (bicyclic) bond motifs is 1. The van der Waals surface area contributed by atoms with Gasteiger partial charge in [0.15, 0.2) is 0 Å². The number of benzene rings is 2. The van der Waals surface area contributed by atoms with Gasteiger partial charge in [-0.15, -0.1) is 0 Å². The monoisotopic (exact) mass is 503 g/mol. The minimum Gasteiger partial charge on any atom is -0.425 e. The maximum absolute atomic E-state index is 13.3. The number of piperidine rings is 1. The van der Waals surface area contributed by atoms with Crippen LogP contribution in [-0.4, -0.2) is 29.1 Å². The van der Waals surface area contributed by atoms with Gasteiger partial charge in [-0.25, -0.2) is 9.59 Å². The number of ether oxygens (including phenoxy) is 2. The van der Waals surface area contributed by atoms with Gasteiger partial charge in [0.05, 0.1) is 17.7 Å². The Morgan fingerprint density at radius 2 is 1.54 bits per heavy atom. The molecule has 0 aliphatic carbocycles. The van der Waals surface area contributed by atoms with E-state index in [1.54, 1.807) is 30.3 Å². The molecule has 2 fully saturated rings. The third kappa shape index (κ3) is 4.47. The van der Waals surface area contributed by atoms with E-state index in [1.807, 2.05) is 0 Å². The molecule has 2 aromatic rings. The van der Waals surface area contributed by atoms with Crippen LogP contribution in [0.15, 0.2) is 48.5 Å². The Morgan fingerprint density at radius 1 is 0.943 bits per heavy atom. The Labute approximate surface area is 195 Å². The lowest BCUT2D eigenvalue weighted by atomic mass is 9.78. The molecule has 4 rings (SSSR count). The summed E-state index contributed by atoms with van der Waals surface area (Å²) in [6.07, 6.45) is -9.47. The normalized spacial score (nSPS) is 25.6. The van der Waals surface area contributed by atoms with Crippen molar-refractivity contribution < 1.29 is 50.2 Å². The van der Waals surface area contributed by atoms with Gasteiger partial charge in [-0.05, 0) is 43.5 Å². The molecule has 0 bridgehead atoms. The molecule has 12 heteroatoms. The van der Waals surface area contributed by atoms with Crippen LogP contribution in [0.3, 0.4) is 0 Å². The van der Waals surface area contributed by atoms with Crippen molar-refractivity contribution in [2.45, 2.75) is 50.1 Å². The van der Waals surface area contributed by atoms with E-state index < -0.39 is 53.4 Å². The number of hydrogen-bond donors (Lipinski definition) is 0. The number of esters is 1. The van der Waals surface area contributed by atoms with Gasteiger partial charge in [-0.3, -0.25) is 0 Å². The summed E-state index contributed by atoms with van der Waals surface area (Å²) < 4.78 is 91.1. The average Bonchev–Trinajstić information content (AvgIpc) is 2.79. The molecule has 0 N–H and O–H groups in total. The molecule has 2 aliphatic rings. The molecular weight excluding hydrogens is 484 g/mol. The Bertz CT molecular complexity index is 1100. The van der Waals surface area contributed by atoms with Crippen molar-refractivity contribution in [1.82, 2.24) is 5.06 Å². The third-order valence-electron chi connectivity index (χ3n) is 6.05. The van der Waals surface area contributed by atoms with Crippen LogP contribution in [0.1, 0.15) is 42.0 Å². The highest BCUT2D eigenvalue weighted by molar-refractivity contribution is 6.30. The summed E-state index contributed by atoms with van der Waals surface area (Å²) in [4.78, 5) is 29.3. The van der Waals surface area contributed by atoms with Crippen LogP contribution < -0.4 is 0 Å². The number of hydroxylamine groups is 2. The quantitative estimate of drug-likeness (QED) is 0.334. The van der Waals surface area contributed by atoms with Crippen LogP contribution in [0.5, 0.6) is 0 Å². The molecule has 0 aromatic heterocycles. The summed E-state index contributed by atoms with van der Waals surface area (Å²) in [7, 11) is 0. The molecule has 2 atom stereocenters. The van der Waals surface area contributed by atoms with Crippen molar-refractivity contribution in [2.24, 2.45) is 0 Å². The van der Waals surface area contributed by atoms with Crippen molar-refractivity contribution in [3.63, 3.8) is 0 Å². The van der Waals surface area contributed by atoms with Crippen molar-refractivity contribution in [1.29, 1.82) is 0 Å². The predicted octanol–water partition coefficient (Wildman–Crippen LogP) is 4.96. The molecule has 2 aromatic carbocycles. The molecule has 0 spiro atoms. The van der Waals surface area contributed by atoms with E-state index in [0.29, 0.717) is 24.1 Å². The zero-order chi connectivity index (χ0) is 25.6. The summed E-state index contributed by atoms with van der Waals surface area (Å²) in [5, 5.41) is 1.13. The molecule has 2 saturated heterocycles. The second-order valence-electron chi connectivity index (χ2n) is 8.42. The minimum absolute atomic E-state index is 0.0292. The first-order valence-electron chi connectivity index (χ1n) is 10.5. The number of hydrogen-bond acceptors (Lipinski definition) is 6. The Morgan fingerprint density at radius 3 is 2.11 bits per heavy atom. The first kappa shape index (κ1) is 25.0. The Hall–Kier alpha value is -3.12. The zero-order valence-corrected chi connectivity index (χ0v) is 18.2. The molecular formula is C23H19F6NO5. The van der Waals surface area contributed by atoms with E-state index in [4.69, 9.17) is 14.3 Å². The molecule has 0 amide bonds. The fraction of sp³-hybridized carbons (Fsp3) is 0.391. The molecule has 188 valence electrons. The lowest BCUT2D eigenvalue weighted by Gasteiger charge is -2.55. The van der Waals surface area contributed by atoms with E-state index in [1.165, 1.54) is 6.92 Å². The lowest BCUT2D eigenvalue weighted by Crippen LogP contribution is -2.69. The van der Waals surface area contributed by atoms with Gasteiger partial charge in [-0.2, -0.15) is 26.3 Å². The van der Waals surface area contributed by atoms with Crippen LogP contribution in [-0.2, 0) is 48.6 Å². The minimum atomic E-state index is -5.01. The lowest BCUT2D eigenvalue weighted by molar-refractivity contribution is -0.379. The van der Waals surface area contributed by atoms with E-state index in [2.05, 4.69) is 0 Å². The molecule has 2 unspecified atom stereocenters. The van der Waals surface area contributed by atoms with Crippen molar-refractivity contribution in [3.8, 4) is 0 Å². The number of carbonyl (C=O) groups is 2. The van der Waals surface area contributed by atoms with Crippen LogP contribution in [0.25, 0.3) is 0 Å². The molecule has 35 heavy (non-hydrogen) atoms. The highest BCUT2D eigenvalue weighted by Crippen LogP contribution is 2.50. The Kier molecular flexibility index (Phi) is 6.08. The smallest absolute Gasteiger partial charge is 0.425 e. The van der Waals surface area contributed by atoms with E-state index in [9.17, 15) is 35.9 Å². The second-order valence-corrected chi connectivity index (χ2v) is 8.42. The van der Waals surface area contributed by atoms with Crippen molar-refractivity contribution in [2.75, 3.05) is 6.54 Å². The summed E-state index contributed by atoms with van der Waals surface area (Å²) in [5.41, 5.74) is -6.31. The first-order valence-corrected chi connectivity index (χ1v) is 10.5. The van der Waals surface area contributed by atoms with E-state index in [0.717, 1.165) is 5.06 Å². The number of halogens is 6. The summed E-state index contributed by atoms with van der Waals surface area (Å²) in [6.45, 7) is 0.975. The van der Waals surface area contributed by atoms with Gasteiger partial charge < -0.3 is 14.3 Å².